The summed E-state index contributed by atoms with van der Waals surface area (Å²) < 4.78 is 0. The van der Waals surface area contributed by atoms with Gasteiger partial charge >= 0.3 is 0 Å². The van der Waals surface area contributed by atoms with Crippen LogP contribution in [-0.2, 0) is 9.59 Å². The van der Waals surface area contributed by atoms with E-state index in [4.69, 9.17) is 0 Å². The minimum Gasteiger partial charge on any atom is -0.309 e. The van der Waals surface area contributed by atoms with E-state index in [1.807, 2.05) is 0 Å². The first-order valence-corrected chi connectivity index (χ1v) is 10.0. The third kappa shape index (κ3) is 2.53. The SMILES string of the molecule is O=C(Nc1cncc(NC(=O)C23CCC(CC2)C3)n1)C12CCC(CC1)C2. The van der Waals surface area contributed by atoms with Crippen LogP contribution in [-0.4, -0.2) is 21.8 Å². The van der Waals surface area contributed by atoms with E-state index in [1.54, 1.807) is 12.4 Å². The first-order valence-electron chi connectivity index (χ1n) is 10.0. The lowest BCUT2D eigenvalue weighted by atomic mass is 9.83. The van der Waals surface area contributed by atoms with Crippen molar-refractivity contribution in [2.45, 2.75) is 64.2 Å². The highest BCUT2D eigenvalue weighted by molar-refractivity contribution is 5.96. The van der Waals surface area contributed by atoms with Crippen molar-refractivity contribution < 1.29 is 9.59 Å². The summed E-state index contributed by atoms with van der Waals surface area (Å²) in [4.78, 5) is 34.1. The minimum atomic E-state index is -0.201. The maximum Gasteiger partial charge on any atom is 0.231 e. The molecule has 0 radical (unpaired) electrons. The summed E-state index contributed by atoms with van der Waals surface area (Å²) in [5, 5.41) is 5.91. The van der Waals surface area contributed by atoms with Crippen LogP contribution in [0.4, 0.5) is 11.6 Å². The second-order valence-corrected chi connectivity index (χ2v) is 9.05. The highest BCUT2D eigenvalue weighted by Crippen LogP contribution is 2.55. The van der Waals surface area contributed by atoms with Crippen molar-refractivity contribution in [1.29, 1.82) is 0 Å². The average Bonchev–Trinajstić information content (AvgIpc) is 3.43. The third-order valence-electron chi connectivity index (χ3n) is 7.56. The molecule has 1 heterocycles. The van der Waals surface area contributed by atoms with Crippen molar-refractivity contribution in [3.8, 4) is 0 Å². The van der Waals surface area contributed by atoms with E-state index in [0.717, 1.165) is 76.0 Å². The Morgan fingerprint density at radius 3 is 1.58 bits per heavy atom. The fraction of sp³-hybridized carbons (Fsp3) is 0.700. The maximum atomic E-state index is 12.8. The van der Waals surface area contributed by atoms with Gasteiger partial charge in [-0.05, 0) is 76.0 Å². The van der Waals surface area contributed by atoms with E-state index >= 15 is 0 Å². The summed E-state index contributed by atoms with van der Waals surface area (Å²) in [5.41, 5.74) is -0.402. The lowest BCUT2D eigenvalue weighted by molar-refractivity contribution is -0.125. The Labute approximate surface area is 153 Å². The third-order valence-corrected chi connectivity index (χ3v) is 7.56. The lowest BCUT2D eigenvalue weighted by Crippen LogP contribution is -2.33. The van der Waals surface area contributed by atoms with Gasteiger partial charge in [-0.2, -0.15) is 0 Å². The molecule has 1 aromatic rings. The predicted molar refractivity (Wildman–Crippen MR) is 97.3 cm³/mol. The van der Waals surface area contributed by atoms with Crippen LogP contribution < -0.4 is 10.6 Å². The van der Waals surface area contributed by atoms with E-state index in [0.29, 0.717) is 11.6 Å². The number of nitrogens with zero attached hydrogens (tertiary/aromatic N) is 2. The quantitative estimate of drug-likeness (QED) is 0.866. The molecule has 26 heavy (non-hydrogen) atoms. The van der Waals surface area contributed by atoms with Gasteiger partial charge in [0.15, 0.2) is 11.6 Å². The van der Waals surface area contributed by atoms with Gasteiger partial charge in [-0.3, -0.25) is 14.6 Å². The zero-order chi connectivity index (χ0) is 17.8. The topological polar surface area (TPSA) is 84.0 Å². The van der Waals surface area contributed by atoms with Crippen LogP contribution in [0.15, 0.2) is 12.4 Å². The molecule has 4 aliphatic carbocycles. The molecule has 4 saturated carbocycles. The Morgan fingerprint density at radius 1 is 0.808 bits per heavy atom. The molecule has 0 saturated heterocycles. The van der Waals surface area contributed by atoms with Crippen LogP contribution in [0.5, 0.6) is 0 Å². The van der Waals surface area contributed by atoms with Gasteiger partial charge in [-0.15, -0.1) is 0 Å². The number of carbonyl (C=O) groups excluding carboxylic acids is 2. The van der Waals surface area contributed by atoms with Gasteiger partial charge in [0.2, 0.25) is 11.8 Å². The van der Waals surface area contributed by atoms with E-state index in [1.165, 1.54) is 0 Å². The number of aromatic nitrogens is 2. The van der Waals surface area contributed by atoms with E-state index < -0.39 is 0 Å². The first-order chi connectivity index (χ1) is 12.6. The number of hydrogen-bond acceptors (Lipinski definition) is 4. The summed E-state index contributed by atoms with van der Waals surface area (Å²) in [5.74, 6) is 2.46. The molecular weight excluding hydrogens is 328 g/mol. The molecule has 6 heteroatoms. The number of fused-ring (bicyclic) bond motifs is 4. The van der Waals surface area contributed by atoms with Gasteiger partial charge in [0.05, 0.1) is 12.4 Å². The van der Waals surface area contributed by atoms with Crippen LogP contribution in [0.3, 0.4) is 0 Å². The fourth-order valence-corrected chi connectivity index (χ4v) is 6.01. The first kappa shape index (κ1) is 16.2. The highest BCUT2D eigenvalue weighted by Gasteiger charge is 2.51. The highest BCUT2D eigenvalue weighted by atomic mass is 16.2. The normalized spacial score (nSPS) is 37.1. The lowest BCUT2D eigenvalue weighted by Gasteiger charge is -2.25. The van der Waals surface area contributed by atoms with Crippen molar-refractivity contribution in [3.63, 3.8) is 0 Å². The fourth-order valence-electron chi connectivity index (χ4n) is 6.01. The van der Waals surface area contributed by atoms with Crippen LogP contribution in [0, 0.1) is 22.7 Å². The molecule has 0 unspecified atom stereocenters. The molecule has 0 aliphatic heterocycles. The molecule has 0 atom stereocenters. The molecule has 0 spiro atoms. The number of amides is 2. The summed E-state index contributed by atoms with van der Waals surface area (Å²) >= 11 is 0. The molecule has 5 rings (SSSR count). The molecule has 4 bridgehead atoms. The van der Waals surface area contributed by atoms with Gasteiger partial charge in [0, 0.05) is 10.8 Å². The molecule has 4 fully saturated rings. The Bertz CT molecular complexity index is 687. The molecule has 6 nitrogen and oxygen atoms in total. The monoisotopic (exact) mass is 354 g/mol. The van der Waals surface area contributed by atoms with E-state index in [-0.39, 0.29) is 22.6 Å². The van der Waals surface area contributed by atoms with Crippen molar-refractivity contribution in [2.75, 3.05) is 10.6 Å². The Balaban J connectivity index is 1.27. The van der Waals surface area contributed by atoms with Crippen LogP contribution >= 0.6 is 0 Å². The second kappa shape index (κ2) is 5.76. The standard InChI is InChI=1S/C20H26N4O2/c25-17(19-5-1-13(9-19)2-6-19)23-15-11-21-12-16(22-15)24-18(26)20-7-3-14(10-20)4-8-20/h11-14H,1-10H2,(H2,22,23,24,25,26). The van der Waals surface area contributed by atoms with E-state index in [2.05, 4.69) is 20.6 Å². The largest absolute Gasteiger partial charge is 0.309 e. The molecule has 0 aromatic carbocycles. The molecule has 1 aromatic heterocycles. The van der Waals surface area contributed by atoms with E-state index in [9.17, 15) is 9.59 Å². The average molecular weight is 354 g/mol. The van der Waals surface area contributed by atoms with Gasteiger partial charge in [-0.25, -0.2) is 4.98 Å². The molecular formula is C20H26N4O2. The summed E-state index contributed by atoms with van der Waals surface area (Å²) in [6.07, 6.45) is 13.7. The van der Waals surface area contributed by atoms with Gasteiger partial charge < -0.3 is 10.6 Å². The summed E-state index contributed by atoms with van der Waals surface area (Å²) in [6.45, 7) is 0. The van der Waals surface area contributed by atoms with Crippen LogP contribution in [0.1, 0.15) is 64.2 Å². The van der Waals surface area contributed by atoms with Crippen molar-refractivity contribution in [2.24, 2.45) is 22.7 Å². The maximum absolute atomic E-state index is 12.8. The zero-order valence-electron chi connectivity index (χ0n) is 15.1. The van der Waals surface area contributed by atoms with Crippen molar-refractivity contribution >= 4 is 23.5 Å². The number of nitrogens with one attached hydrogen (secondary N) is 2. The van der Waals surface area contributed by atoms with Crippen LogP contribution in [0.2, 0.25) is 0 Å². The smallest absolute Gasteiger partial charge is 0.231 e. The predicted octanol–water partition coefficient (Wildman–Crippen LogP) is 3.51. The van der Waals surface area contributed by atoms with Gasteiger partial charge in [-0.1, -0.05) is 0 Å². The van der Waals surface area contributed by atoms with Crippen LogP contribution in [0.25, 0.3) is 0 Å². The van der Waals surface area contributed by atoms with Crippen molar-refractivity contribution in [1.82, 2.24) is 9.97 Å². The zero-order valence-corrected chi connectivity index (χ0v) is 15.1. The number of rotatable bonds is 4. The number of anilines is 2. The summed E-state index contributed by atoms with van der Waals surface area (Å²) in [6, 6.07) is 0. The molecule has 4 aliphatic rings. The summed E-state index contributed by atoms with van der Waals surface area (Å²) in [7, 11) is 0. The Kier molecular flexibility index (Phi) is 3.59. The number of carbonyl (C=O) groups is 2. The molecule has 138 valence electrons. The van der Waals surface area contributed by atoms with Crippen molar-refractivity contribution in [3.05, 3.63) is 12.4 Å². The molecule has 2 N–H and O–H groups in total. The number of hydrogen-bond donors (Lipinski definition) is 2. The van der Waals surface area contributed by atoms with Gasteiger partial charge in [0.1, 0.15) is 0 Å². The van der Waals surface area contributed by atoms with Gasteiger partial charge in [0.25, 0.3) is 0 Å². The second-order valence-electron chi connectivity index (χ2n) is 9.05. The Hall–Kier alpha value is -1.98. The minimum absolute atomic E-state index is 0.0725. The molecule has 2 amide bonds. The Morgan fingerprint density at radius 2 is 1.23 bits per heavy atom.